The fourth-order valence-corrected chi connectivity index (χ4v) is 1.97. The van der Waals surface area contributed by atoms with Crippen LogP contribution in [0.25, 0.3) is 0 Å². The van der Waals surface area contributed by atoms with Crippen LogP contribution in [0.2, 0.25) is 0 Å². The van der Waals surface area contributed by atoms with Crippen LogP contribution in [0.4, 0.5) is 0 Å². The van der Waals surface area contributed by atoms with Gasteiger partial charge in [0.25, 0.3) is 0 Å². The van der Waals surface area contributed by atoms with Crippen molar-refractivity contribution in [3.8, 4) is 5.75 Å². The van der Waals surface area contributed by atoms with Gasteiger partial charge in [-0.25, -0.2) is 0 Å². The maximum Gasteiger partial charge on any atom is 0.118 e. The molecule has 1 aromatic carbocycles. The zero-order valence-corrected chi connectivity index (χ0v) is 10.7. The standard InChI is InChI=1S/C7H16N2.C7H8O/c8-5-6-9-7-3-1-2-4-7;1-8-7-5-3-2-4-6-7/h7,9H,1-6,8H2;2-6H,1H3. The highest BCUT2D eigenvalue weighted by atomic mass is 16.5. The summed E-state index contributed by atoms with van der Waals surface area (Å²) >= 11 is 0. The SMILES string of the molecule is COc1ccccc1.NCCNC1CCCC1. The fraction of sp³-hybridized carbons (Fsp3) is 0.571. The van der Waals surface area contributed by atoms with Crippen molar-refractivity contribution in [1.29, 1.82) is 0 Å². The molecule has 3 nitrogen and oxygen atoms in total. The highest BCUT2D eigenvalue weighted by Crippen LogP contribution is 2.16. The van der Waals surface area contributed by atoms with Crippen LogP contribution in [-0.4, -0.2) is 26.2 Å². The first-order valence-electron chi connectivity index (χ1n) is 6.39. The van der Waals surface area contributed by atoms with Crippen LogP contribution in [0, 0.1) is 0 Å². The molecular weight excluding hydrogens is 212 g/mol. The molecule has 0 saturated heterocycles. The number of hydrogen-bond acceptors (Lipinski definition) is 3. The van der Waals surface area contributed by atoms with Crippen molar-refractivity contribution in [2.24, 2.45) is 5.73 Å². The van der Waals surface area contributed by atoms with Gasteiger partial charge < -0.3 is 15.8 Å². The number of nitrogens with two attached hydrogens (primary N) is 1. The Labute approximate surface area is 104 Å². The van der Waals surface area contributed by atoms with Gasteiger partial charge in [-0.3, -0.25) is 0 Å². The van der Waals surface area contributed by atoms with Crippen molar-refractivity contribution >= 4 is 0 Å². The molecule has 0 bridgehead atoms. The number of rotatable bonds is 4. The van der Waals surface area contributed by atoms with Gasteiger partial charge in [0, 0.05) is 19.1 Å². The minimum atomic E-state index is 0.774. The number of nitrogens with one attached hydrogen (secondary N) is 1. The molecule has 0 aliphatic heterocycles. The third-order valence-electron chi connectivity index (χ3n) is 2.91. The Bertz CT molecular complexity index is 271. The first-order valence-corrected chi connectivity index (χ1v) is 6.39. The predicted octanol–water partition coefficient (Wildman–Crippen LogP) is 2.17. The summed E-state index contributed by atoms with van der Waals surface area (Å²) in [5, 5.41) is 3.41. The van der Waals surface area contributed by atoms with E-state index in [0.29, 0.717) is 0 Å². The Balaban J connectivity index is 0.000000171. The van der Waals surface area contributed by atoms with E-state index in [4.69, 9.17) is 10.5 Å². The van der Waals surface area contributed by atoms with E-state index in [1.54, 1.807) is 7.11 Å². The molecule has 1 aliphatic rings. The van der Waals surface area contributed by atoms with E-state index < -0.39 is 0 Å². The molecule has 0 aromatic heterocycles. The lowest BCUT2D eigenvalue weighted by Gasteiger charge is -2.08. The Morgan fingerprint density at radius 2 is 1.88 bits per heavy atom. The van der Waals surface area contributed by atoms with Crippen LogP contribution < -0.4 is 15.8 Å². The summed E-state index contributed by atoms with van der Waals surface area (Å²) in [7, 11) is 1.66. The smallest absolute Gasteiger partial charge is 0.118 e. The molecular formula is C14H24N2O. The molecule has 0 heterocycles. The summed E-state index contributed by atoms with van der Waals surface area (Å²) in [6.45, 7) is 1.77. The maximum atomic E-state index is 5.34. The van der Waals surface area contributed by atoms with Crippen molar-refractivity contribution in [2.75, 3.05) is 20.2 Å². The van der Waals surface area contributed by atoms with Gasteiger partial charge in [0.15, 0.2) is 0 Å². The van der Waals surface area contributed by atoms with E-state index in [1.165, 1.54) is 25.7 Å². The highest BCUT2D eigenvalue weighted by Gasteiger charge is 2.12. The van der Waals surface area contributed by atoms with Gasteiger partial charge in [0.05, 0.1) is 7.11 Å². The highest BCUT2D eigenvalue weighted by molar-refractivity contribution is 5.20. The average Bonchev–Trinajstić information content (AvgIpc) is 2.91. The Kier molecular flexibility index (Phi) is 7.43. The maximum absolute atomic E-state index is 5.34. The van der Waals surface area contributed by atoms with Crippen LogP contribution >= 0.6 is 0 Å². The van der Waals surface area contributed by atoms with Crippen LogP contribution in [0.15, 0.2) is 30.3 Å². The molecule has 0 spiro atoms. The minimum Gasteiger partial charge on any atom is -0.497 e. The molecule has 0 amide bonds. The summed E-state index contributed by atoms with van der Waals surface area (Å²) in [5.74, 6) is 0.910. The first-order chi connectivity index (χ1) is 8.36. The summed E-state index contributed by atoms with van der Waals surface area (Å²) in [5.41, 5.74) is 5.34. The molecule has 3 heteroatoms. The second kappa shape index (κ2) is 9.02. The van der Waals surface area contributed by atoms with Crippen LogP contribution in [0.3, 0.4) is 0 Å². The quantitative estimate of drug-likeness (QED) is 0.842. The number of para-hydroxylation sites is 1. The van der Waals surface area contributed by atoms with Gasteiger partial charge in [-0.2, -0.15) is 0 Å². The number of methoxy groups -OCH3 is 1. The molecule has 1 fully saturated rings. The molecule has 96 valence electrons. The average molecular weight is 236 g/mol. The summed E-state index contributed by atoms with van der Waals surface area (Å²) in [6, 6.07) is 10.5. The van der Waals surface area contributed by atoms with Crippen molar-refractivity contribution < 1.29 is 4.74 Å². The largest absolute Gasteiger partial charge is 0.497 e. The molecule has 1 aromatic rings. The van der Waals surface area contributed by atoms with Crippen LogP contribution in [0.1, 0.15) is 25.7 Å². The van der Waals surface area contributed by atoms with Crippen molar-refractivity contribution in [1.82, 2.24) is 5.32 Å². The topological polar surface area (TPSA) is 47.3 Å². The van der Waals surface area contributed by atoms with E-state index in [1.807, 2.05) is 30.3 Å². The molecule has 1 saturated carbocycles. The van der Waals surface area contributed by atoms with E-state index in [-0.39, 0.29) is 0 Å². The molecule has 3 N–H and O–H groups in total. The normalized spacial score (nSPS) is 15.2. The van der Waals surface area contributed by atoms with Crippen molar-refractivity contribution in [2.45, 2.75) is 31.7 Å². The third-order valence-corrected chi connectivity index (χ3v) is 2.91. The molecule has 0 atom stereocenters. The van der Waals surface area contributed by atoms with Gasteiger partial charge in [-0.05, 0) is 25.0 Å². The molecule has 1 aliphatic carbocycles. The first kappa shape index (κ1) is 14.0. The number of benzene rings is 1. The van der Waals surface area contributed by atoms with E-state index in [2.05, 4.69) is 5.32 Å². The number of ether oxygens (including phenoxy) is 1. The van der Waals surface area contributed by atoms with E-state index in [9.17, 15) is 0 Å². The Hall–Kier alpha value is -1.06. The molecule has 0 radical (unpaired) electrons. The van der Waals surface area contributed by atoms with Gasteiger partial charge in [0.1, 0.15) is 5.75 Å². The van der Waals surface area contributed by atoms with Crippen molar-refractivity contribution in [3.63, 3.8) is 0 Å². The Morgan fingerprint density at radius 3 is 2.35 bits per heavy atom. The number of hydrogen-bond donors (Lipinski definition) is 2. The zero-order valence-electron chi connectivity index (χ0n) is 10.7. The fourth-order valence-electron chi connectivity index (χ4n) is 1.97. The van der Waals surface area contributed by atoms with Gasteiger partial charge >= 0.3 is 0 Å². The third kappa shape index (κ3) is 6.29. The molecule has 2 rings (SSSR count). The lowest BCUT2D eigenvalue weighted by Crippen LogP contribution is -2.30. The van der Waals surface area contributed by atoms with E-state index in [0.717, 1.165) is 24.9 Å². The molecule has 0 unspecified atom stereocenters. The van der Waals surface area contributed by atoms with Crippen molar-refractivity contribution in [3.05, 3.63) is 30.3 Å². The Morgan fingerprint density at radius 1 is 1.24 bits per heavy atom. The summed E-state index contributed by atoms with van der Waals surface area (Å²) in [4.78, 5) is 0. The van der Waals surface area contributed by atoms with Gasteiger partial charge in [-0.1, -0.05) is 31.0 Å². The van der Waals surface area contributed by atoms with Gasteiger partial charge in [0.2, 0.25) is 0 Å². The van der Waals surface area contributed by atoms with Gasteiger partial charge in [-0.15, -0.1) is 0 Å². The second-order valence-electron chi connectivity index (χ2n) is 4.24. The minimum absolute atomic E-state index is 0.774. The van der Waals surface area contributed by atoms with Crippen LogP contribution in [0.5, 0.6) is 5.75 Å². The molecule has 17 heavy (non-hydrogen) atoms. The lowest BCUT2D eigenvalue weighted by atomic mass is 10.2. The summed E-state index contributed by atoms with van der Waals surface area (Å²) < 4.78 is 4.91. The monoisotopic (exact) mass is 236 g/mol. The lowest BCUT2D eigenvalue weighted by molar-refractivity contribution is 0.415. The van der Waals surface area contributed by atoms with Crippen LogP contribution in [-0.2, 0) is 0 Å². The van der Waals surface area contributed by atoms with E-state index >= 15 is 0 Å². The zero-order chi connectivity index (χ0) is 12.3. The predicted molar refractivity (Wildman–Crippen MR) is 72.3 cm³/mol. The second-order valence-corrected chi connectivity index (χ2v) is 4.24. The summed E-state index contributed by atoms with van der Waals surface area (Å²) in [6.07, 6.45) is 5.53.